The number of carboxylic acid groups (broad SMARTS) is 1. The number of carboxylic acids is 1. The molecule has 442 valence electrons. The number of pyridine rings is 2. The van der Waals surface area contributed by atoms with Gasteiger partial charge in [-0.25, -0.2) is 47.2 Å². The van der Waals surface area contributed by atoms with Gasteiger partial charge in [0.2, 0.25) is 33.7 Å². The van der Waals surface area contributed by atoms with Crippen molar-refractivity contribution in [2.45, 2.75) is 60.3 Å². The molecule has 2 aromatic carbocycles. The van der Waals surface area contributed by atoms with Crippen molar-refractivity contribution in [1.82, 2.24) is 59.1 Å². The zero-order chi connectivity index (χ0) is 60.8. The Balaban J connectivity index is 0.000000228. The van der Waals surface area contributed by atoms with Crippen molar-refractivity contribution in [3.63, 3.8) is 0 Å². The highest BCUT2D eigenvalue weighted by molar-refractivity contribution is 7.90. The average Bonchev–Trinajstić information content (AvgIpc) is 3.74. The third-order valence-corrected chi connectivity index (χ3v) is 14.0. The number of morpholine rings is 1. The molecule has 0 unspecified atom stereocenters. The molecule has 7 heterocycles. The summed E-state index contributed by atoms with van der Waals surface area (Å²) in [5.74, 6) is -2.69. The lowest BCUT2D eigenvalue weighted by Crippen LogP contribution is -2.38. The molecule has 0 atom stereocenters. The third kappa shape index (κ3) is 14.9. The van der Waals surface area contributed by atoms with Gasteiger partial charge in [-0.15, -0.1) is 0 Å². The summed E-state index contributed by atoms with van der Waals surface area (Å²) in [6, 6.07) is 15.8. The van der Waals surface area contributed by atoms with Gasteiger partial charge in [-0.05, 0) is 125 Å². The molecule has 84 heavy (non-hydrogen) atoms. The van der Waals surface area contributed by atoms with Crippen LogP contribution >= 0.6 is 0 Å². The summed E-state index contributed by atoms with van der Waals surface area (Å²) in [6.07, 6.45) is -3.72. The van der Waals surface area contributed by atoms with Crippen molar-refractivity contribution < 1.29 is 63.7 Å². The summed E-state index contributed by atoms with van der Waals surface area (Å²) >= 11 is 0. The maximum atomic E-state index is 13.6. The summed E-state index contributed by atoms with van der Waals surface area (Å²) in [7, 11) is -1.49. The largest absolute Gasteiger partial charge is 0.480 e. The number of hydrogen-bond donors (Lipinski definition) is 4. The van der Waals surface area contributed by atoms with E-state index < -0.39 is 45.6 Å². The summed E-state index contributed by atoms with van der Waals surface area (Å²) in [4.78, 5) is 52.9. The number of rotatable bonds is 17. The first-order valence-corrected chi connectivity index (χ1v) is 27.2. The number of sulfonamides is 1. The summed E-state index contributed by atoms with van der Waals surface area (Å²) in [5.41, 5.74) is 3.76. The van der Waals surface area contributed by atoms with Crippen molar-refractivity contribution in [1.29, 1.82) is 0 Å². The number of carbonyl (C=O) groups is 2. The number of halogens is 6. The van der Waals surface area contributed by atoms with Crippen LogP contribution in [0.25, 0.3) is 33.9 Å². The topological polar surface area (TPSA) is 269 Å². The Kier molecular flexibility index (Phi) is 18.3. The average molecular weight is 1190 g/mol. The van der Waals surface area contributed by atoms with Crippen molar-refractivity contribution >= 4 is 45.2 Å². The minimum Gasteiger partial charge on any atom is -0.480 e. The number of aryl methyl sites for hydroxylation is 6. The number of anilines is 4. The molecule has 0 spiro atoms. The van der Waals surface area contributed by atoms with Gasteiger partial charge in [0.1, 0.15) is 11.1 Å². The lowest BCUT2D eigenvalue weighted by molar-refractivity contribution is -0.142. The zero-order valence-electron chi connectivity index (χ0n) is 46.4. The number of amides is 1. The van der Waals surface area contributed by atoms with Crippen molar-refractivity contribution in [3.05, 3.63) is 142 Å². The Morgan fingerprint density at radius 3 is 1.45 bits per heavy atom. The Morgan fingerprint density at radius 1 is 0.619 bits per heavy atom. The van der Waals surface area contributed by atoms with E-state index in [2.05, 4.69) is 60.4 Å². The van der Waals surface area contributed by atoms with Crippen LogP contribution < -0.4 is 24.8 Å². The fraction of sp³-hybridized carbons (Fsp3) is 0.309. The maximum Gasteiger partial charge on any atom is 0.435 e. The van der Waals surface area contributed by atoms with Crippen LogP contribution in [0.3, 0.4) is 0 Å². The van der Waals surface area contributed by atoms with Crippen molar-refractivity contribution in [3.8, 4) is 45.6 Å². The van der Waals surface area contributed by atoms with Crippen LogP contribution in [0.1, 0.15) is 72.2 Å². The van der Waals surface area contributed by atoms with E-state index in [1.807, 2.05) is 64.1 Å². The molecular weight excluding hydrogens is 1130 g/mol. The van der Waals surface area contributed by atoms with Crippen LogP contribution in [0.4, 0.5) is 49.6 Å². The van der Waals surface area contributed by atoms with E-state index in [1.54, 1.807) is 0 Å². The van der Waals surface area contributed by atoms with Crippen LogP contribution in [-0.4, -0.2) is 133 Å². The molecule has 0 bridgehead atoms. The highest BCUT2D eigenvalue weighted by Gasteiger charge is 2.36. The zero-order valence-corrected chi connectivity index (χ0v) is 47.2. The maximum absolute atomic E-state index is 13.6. The van der Waals surface area contributed by atoms with Gasteiger partial charge in [-0.2, -0.15) is 46.5 Å². The van der Waals surface area contributed by atoms with E-state index in [1.165, 1.54) is 65.0 Å². The van der Waals surface area contributed by atoms with Gasteiger partial charge in [-0.3, -0.25) is 9.69 Å². The minimum absolute atomic E-state index is 0.00757. The lowest BCUT2D eigenvalue weighted by Gasteiger charge is -2.26. The van der Waals surface area contributed by atoms with Crippen LogP contribution in [0.5, 0.6) is 11.8 Å². The normalized spacial score (nSPS) is 13.0. The number of methoxy groups -OCH3 is 2. The second-order valence-electron chi connectivity index (χ2n) is 19.5. The molecule has 1 saturated heterocycles. The number of nitrogens with one attached hydrogen (secondary N) is 3. The summed E-state index contributed by atoms with van der Waals surface area (Å²) in [6.45, 7) is 13.7. The van der Waals surface area contributed by atoms with Gasteiger partial charge in [0.25, 0.3) is 5.91 Å². The van der Waals surface area contributed by atoms with Gasteiger partial charge in [0, 0.05) is 82.9 Å². The van der Waals surface area contributed by atoms with Crippen LogP contribution in [0.15, 0.2) is 85.5 Å². The summed E-state index contributed by atoms with van der Waals surface area (Å²) in [5, 5.41) is 23.2. The highest BCUT2D eigenvalue weighted by Crippen LogP contribution is 2.36. The first-order chi connectivity index (χ1) is 39.7. The second-order valence-corrected chi connectivity index (χ2v) is 21.3. The quantitative estimate of drug-likeness (QED) is 0.0618. The first kappa shape index (κ1) is 61.0. The number of aromatic nitrogens is 10. The number of aromatic carboxylic acids is 1. The number of hydrogen-bond acceptors (Lipinski definition) is 18. The van der Waals surface area contributed by atoms with Crippen molar-refractivity contribution in [2.75, 3.05) is 63.5 Å². The van der Waals surface area contributed by atoms with E-state index in [-0.39, 0.29) is 85.8 Å². The smallest absolute Gasteiger partial charge is 0.435 e. The van der Waals surface area contributed by atoms with Gasteiger partial charge in [0.15, 0.2) is 23.0 Å². The van der Waals surface area contributed by atoms with E-state index >= 15 is 0 Å². The number of ether oxygens (including phenoxy) is 3. The molecule has 6 aromatic heterocycles. The standard InChI is InChI=1S/C31H35F3N8O5S.C24H21F3N6O3/c1-19-12-20(2)14-23(13-19)37-30-36-18-25(27(38-30)42-21(3)15-26(39-42)31(32,33)34)22-16-24(29(46-4)35-17-22)28(43)40-48(44,45)11-5-6-41-7-9-47-10-8-41;1-12-5-13(2)7-16(6-12)30-23-29-11-18(15-9-17(22(34)35)21(36-4)28-10-15)20(31-23)33-14(3)8-19(32-33)24(25,26)27/h12-18H,5-11H2,1-4H3,(H,40,43)(H,36,37,38);5-11H,1-4H3,(H,34,35)(H,29,30,31). The molecule has 0 saturated carbocycles. The Hall–Kier alpha value is -9.09. The van der Waals surface area contributed by atoms with E-state index in [0.717, 1.165) is 43.8 Å². The van der Waals surface area contributed by atoms with Crippen LogP contribution in [0, 0.1) is 41.5 Å². The minimum atomic E-state index is -4.72. The Bertz CT molecular complexity index is 3830. The number of benzene rings is 2. The van der Waals surface area contributed by atoms with E-state index in [0.29, 0.717) is 50.6 Å². The molecule has 22 nitrogen and oxygen atoms in total. The fourth-order valence-corrected chi connectivity index (χ4v) is 10.00. The second kappa shape index (κ2) is 25.2. The molecular formula is C55H56F6N14O8S. The van der Waals surface area contributed by atoms with Gasteiger partial charge in [-0.1, -0.05) is 12.1 Å². The van der Waals surface area contributed by atoms with Crippen LogP contribution in [0.2, 0.25) is 0 Å². The Labute approximate surface area is 477 Å². The lowest BCUT2D eigenvalue weighted by atomic mass is 10.1. The number of nitrogens with zero attached hydrogens (tertiary/aromatic N) is 11. The molecule has 1 fully saturated rings. The first-order valence-electron chi connectivity index (χ1n) is 25.6. The molecule has 0 aliphatic carbocycles. The molecule has 1 amide bonds. The molecule has 0 radical (unpaired) electrons. The molecule has 29 heteroatoms. The summed E-state index contributed by atoms with van der Waals surface area (Å²) < 4.78 is 126. The van der Waals surface area contributed by atoms with Gasteiger partial charge < -0.3 is 30.0 Å². The van der Waals surface area contributed by atoms with E-state index in [4.69, 9.17) is 14.2 Å². The fourth-order valence-electron chi connectivity index (χ4n) is 8.99. The Morgan fingerprint density at radius 2 is 1.05 bits per heavy atom. The predicted molar refractivity (Wildman–Crippen MR) is 296 cm³/mol. The predicted octanol–water partition coefficient (Wildman–Crippen LogP) is 9.32. The molecule has 1 aliphatic rings. The monoisotopic (exact) mass is 1190 g/mol. The van der Waals surface area contributed by atoms with Gasteiger partial charge >= 0.3 is 18.3 Å². The molecule has 9 rings (SSSR count). The SMILES string of the molecule is COc1ncc(-c2cnc(Nc3cc(C)cc(C)c3)nc2-n2nc(C(F)(F)F)cc2C)cc1C(=O)NS(=O)(=O)CCCN1CCOCC1.COc1ncc(-c2cnc(Nc3cc(C)cc(C)c3)nc2-n2nc(C(F)(F)F)cc2C)cc1C(=O)O. The molecule has 1 aliphatic heterocycles. The number of carbonyl (C=O) groups excluding carboxylic acids is 1. The van der Waals surface area contributed by atoms with Gasteiger partial charge in [0.05, 0.1) is 33.2 Å². The van der Waals surface area contributed by atoms with Crippen LogP contribution in [-0.2, 0) is 27.1 Å². The highest BCUT2D eigenvalue weighted by atomic mass is 32.2. The van der Waals surface area contributed by atoms with E-state index in [9.17, 15) is 49.5 Å². The van der Waals surface area contributed by atoms with Crippen molar-refractivity contribution in [2.24, 2.45) is 0 Å². The third-order valence-electron chi connectivity index (χ3n) is 12.7. The number of alkyl halides is 6. The molecule has 4 N–H and O–H groups in total. The molecule has 8 aromatic rings.